The summed E-state index contributed by atoms with van der Waals surface area (Å²) in [5.74, 6) is 0.489. The second kappa shape index (κ2) is 10.6. The number of alkyl halides is 3. The van der Waals surface area contributed by atoms with Crippen molar-refractivity contribution in [2.75, 3.05) is 0 Å². The monoisotopic (exact) mass is 438 g/mol. The van der Waals surface area contributed by atoms with E-state index >= 15 is 0 Å². The van der Waals surface area contributed by atoms with E-state index in [1.54, 1.807) is 0 Å². The Balaban J connectivity index is 2.27. The molecule has 6 heteroatoms. The maximum absolute atomic E-state index is 13.5. The SMILES string of the molecule is C=C(NC(=O)C(CCC)(CCC)CCC(C)CC)c1ccc(C(F)(F)F)nc1C1CC1. The van der Waals surface area contributed by atoms with Crippen LogP contribution in [-0.2, 0) is 11.0 Å². The van der Waals surface area contributed by atoms with E-state index in [9.17, 15) is 18.0 Å². The molecular formula is C25H37F3N2O. The normalized spacial score (nSPS) is 15.6. The Morgan fingerprint density at radius 3 is 2.26 bits per heavy atom. The number of halogens is 3. The van der Waals surface area contributed by atoms with Gasteiger partial charge < -0.3 is 5.32 Å². The number of rotatable bonds is 12. The van der Waals surface area contributed by atoms with E-state index in [-0.39, 0.29) is 11.8 Å². The van der Waals surface area contributed by atoms with Crippen molar-refractivity contribution in [2.45, 2.75) is 97.6 Å². The van der Waals surface area contributed by atoms with Gasteiger partial charge in [0, 0.05) is 22.6 Å². The number of nitrogens with one attached hydrogen (secondary N) is 1. The van der Waals surface area contributed by atoms with E-state index < -0.39 is 17.3 Å². The molecule has 1 aromatic heterocycles. The summed E-state index contributed by atoms with van der Waals surface area (Å²) in [6.07, 6.45) is 3.37. The molecule has 1 fully saturated rings. The molecule has 0 aromatic carbocycles. The zero-order valence-corrected chi connectivity index (χ0v) is 19.4. The zero-order valence-electron chi connectivity index (χ0n) is 19.4. The number of aromatic nitrogens is 1. The standard InChI is InChI=1S/C25H37F3N2O/c1-6-14-24(15-7-2,16-13-17(4)8-3)23(31)29-18(5)20-11-12-21(25(26,27)28)30-22(20)19-9-10-19/h11-12,17,19H,5-10,13-16H2,1-4H3,(H,29,31). The number of nitrogens with zero attached hydrogens (tertiary/aromatic N) is 1. The molecule has 1 atom stereocenters. The molecular weight excluding hydrogens is 401 g/mol. The van der Waals surface area contributed by atoms with Crippen LogP contribution in [0.4, 0.5) is 13.2 Å². The molecule has 1 N–H and O–H groups in total. The van der Waals surface area contributed by atoms with Crippen molar-refractivity contribution in [3.63, 3.8) is 0 Å². The number of pyridine rings is 1. The quantitative estimate of drug-likeness (QED) is 0.367. The van der Waals surface area contributed by atoms with Crippen LogP contribution >= 0.6 is 0 Å². The Labute approximate surface area is 184 Å². The highest BCUT2D eigenvalue weighted by Gasteiger charge is 2.39. The van der Waals surface area contributed by atoms with Crippen LogP contribution in [0.3, 0.4) is 0 Å². The topological polar surface area (TPSA) is 42.0 Å². The lowest BCUT2D eigenvalue weighted by Gasteiger charge is -2.33. The Bertz CT molecular complexity index is 763. The van der Waals surface area contributed by atoms with Crippen LogP contribution in [0.1, 0.15) is 108 Å². The van der Waals surface area contributed by atoms with Crippen LogP contribution in [0, 0.1) is 11.3 Å². The Kier molecular flexibility index (Phi) is 8.73. The molecule has 31 heavy (non-hydrogen) atoms. The van der Waals surface area contributed by atoms with E-state index in [4.69, 9.17) is 0 Å². The number of carbonyl (C=O) groups is 1. The predicted octanol–water partition coefficient (Wildman–Crippen LogP) is 7.48. The highest BCUT2D eigenvalue weighted by Crippen LogP contribution is 2.43. The average Bonchev–Trinajstić information content (AvgIpc) is 3.56. The number of hydrogen-bond acceptors (Lipinski definition) is 2. The van der Waals surface area contributed by atoms with Crippen LogP contribution in [-0.4, -0.2) is 10.9 Å². The molecule has 1 unspecified atom stereocenters. The second-order valence-corrected chi connectivity index (χ2v) is 9.17. The predicted molar refractivity (Wildman–Crippen MR) is 119 cm³/mol. The molecule has 3 nitrogen and oxygen atoms in total. The van der Waals surface area contributed by atoms with Crippen molar-refractivity contribution in [1.29, 1.82) is 0 Å². The zero-order chi connectivity index (χ0) is 23.2. The van der Waals surface area contributed by atoms with Gasteiger partial charge in [-0.15, -0.1) is 0 Å². The summed E-state index contributed by atoms with van der Waals surface area (Å²) in [6, 6.07) is 2.39. The van der Waals surface area contributed by atoms with Crippen LogP contribution in [0.25, 0.3) is 5.70 Å². The largest absolute Gasteiger partial charge is 0.433 e. The minimum atomic E-state index is -4.49. The molecule has 0 radical (unpaired) electrons. The summed E-state index contributed by atoms with van der Waals surface area (Å²) in [4.78, 5) is 17.4. The van der Waals surface area contributed by atoms with Crippen LogP contribution in [0.2, 0.25) is 0 Å². The molecule has 0 spiro atoms. The molecule has 1 amide bonds. The minimum Gasteiger partial charge on any atom is -0.326 e. The van der Waals surface area contributed by atoms with Crippen molar-refractivity contribution < 1.29 is 18.0 Å². The van der Waals surface area contributed by atoms with Gasteiger partial charge in [0.2, 0.25) is 5.91 Å². The maximum atomic E-state index is 13.5. The molecule has 1 heterocycles. The summed E-state index contributed by atoms with van der Waals surface area (Å²) in [6.45, 7) is 12.5. The number of hydrogen-bond donors (Lipinski definition) is 1. The maximum Gasteiger partial charge on any atom is 0.433 e. The third-order valence-electron chi connectivity index (χ3n) is 6.52. The lowest BCUT2D eigenvalue weighted by atomic mass is 9.73. The fraction of sp³-hybridized carbons (Fsp3) is 0.680. The van der Waals surface area contributed by atoms with Crippen LogP contribution in [0.15, 0.2) is 18.7 Å². The first-order valence-electron chi connectivity index (χ1n) is 11.7. The van der Waals surface area contributed by atoms with Gasteiger partial charge in [-0.2, -0.15) is 13.2 Å². The molecule has 0 bridgehead atoms. The minimum absolute atomic E-state index is 0.00685. The van der Waals surface area contributed by atoms with Crippen molar-refractivity contribution in [3.05, 3.63) is 35.7 Å². The van der Waals surface area contributed by atoms with E-state index in [0.717, 1.165) is 63.9 Å². The van der Waals surface area contributed by atoms with E-state index in [1.165, 1.54) is 6.07 Å². The van der Waals surface area contributed by atoms with E-state index in [0.29, 0.717) is 22.9 Å². The molecule has 1 saturated carbocycles. The van der Waals surface area contributed by atoms with Crippen molar-refractivity contribution in [3.8, 4) is 0 Å². The highest BCUT2D eigenvalue weighted by molar-refractivity contribution is 5.90. The third-order valence-corrected chi connectivity index (χ3v) is 6.52. The molecule has 0 saturated heterocycles. The molecule has 0 aliphatic heterocycles. The molecule has 1 aliphatic carbocycles. The Morgan fingerprint density at radius 2 is 1.77 bits per heavy atom. The van der Waals surface area contributed by atoms with Crippen LogP contribution in [0.5, 0.6) is 0 Å². The summed E-state index contributed by atoms with van der Waals surface area (Å²) in [5, 5.41) is 2.98. The number of carbonyl (C=O) groups excluding carboxylic acids is 1. The van der Waals surface area contributed by atoms with Gasteiger partial charge in [0.1, 0.15) is 5.69 Å². The first-order valence-corrected chi connectivity index (χ1v) is 11.7. The average molecular weight is 439 g/mol. The van der Waals surface area contributed by atoms with Gasteiger partial charge in [-0.25, -0.2) is 4.98 Å². The Morgan fingerprint density at radius 1 is 1.16 bits per heavy atom. The van der Waals surface area contributed by atoms with Crippen molar-refractivity contribution in [2.24, 2.45) is 11.3 Å². The highest BCUT2D eigenvalue weighted by atomic mass is 19.4. The summed E-state index contributed by atoms with van der Waals surface area (Å²) < 4.78 is 39.4. The van der Waals surface area contributed by atoms with Gasteiger partial charge in [-0.05, 0) is 56.6 Å². The summed E-state index contributed by atoms with van der Waals surface area (Å²) in [5.41, 5.74) is -0.0935. The first kappa shape index (κ1) is 25.4. The second-order valence-electron chi connectivity index (χ2n) is 9.17. The van der Waals surface area contributed by atoms with E-state index in [1.807, 2.05) is 0 Å². The van der Waals surface area contributed by atoms with E-state index in [2.05, 4.69) is 44.6 Å². The van der Waals surface area contributed by atoms with Gasteiger partial charge in [-0.3, -0.25) is 4.79 Å². The van der Waals surface area contributed by atoms with Gasteiger partial charge in [0.15, 0.2) is 0 Å². The number of amides is 1. The van der Waals surface area contributed by atoms with Crippen LogP contribution < -0.4 is 5.32 Å². The van der Waals surface area contributed by atoms with Gasteiger partial charge in [-0.1, -0.05) is 53.5 Å². The van der Waals surface area contributed by atoms with Gasteiger partial charge >= 0.3 is 6.18 Å². The Hall–Kier alpha value is -1.85. The fourth-order valence-corrected chi connectivity index (χ4v) is 4.29. The first-order chi connectivity index (χ1) is 14.6. The molecule has 1 aliphatic rings. The molecule has 174 valence electrons. The smallest absolute Gasteiger partial charge is 0.326 e. The van der Waals surface area contributed by atoms with Crippen molar-refractivity contribution >= 4 is 11.6 Å². The third kappa shape index (κ3) is 6.56. The fourth-order valence-electron chi connectivity index (χ4n) is 4.29. The lowest BCUT2D eigenvalue weighted by Crippen LogP contribution is -2.40. The summed E-state index contributed by atoms with van der Waals surface area (Å²) in [7, 11) is 0. The van der Waals surface area contributed by atoms with Gasteiger partial charge in [0.25, 0.3) is 0 Å². The molecule has 1 aromatic rings. The van der Waals surface area contributed by atoms with Gasteiger partial charge in [0.05, 0.1) is 5.69 Å². The van der Waals surface area contributed by atoms with Crippen molar-refractivity contribution in [1.82, 2.24) is 10.3 Å². The molecule has 2 rings (SSSR count). The lowest BCUT2D eigenvalue weighted by molar-refractivity contribution is -0.141. The summed E-state index contributed by atoms with van der Waals surface area (Å²) >= 11 is 0.